The van der Waals surface area contributed by atoms with E-state index in [1.54, 1.807) is 0 Å². The van der Waals surface area contributed by atoms with Crippen LogP contribution in [0.5, 0.6) is 0 Å². The normalized spacial score (nSPS) is 17.5. The molecule has 4 heteroatoms. The Morgan fingerprint density at radius 1 is 1.04 bits per heavy atom. The van der Waals surface area contributed by atoms with Crippen molar-refractivity contribution in [1.29, 1.82) is 0 Å². The summed E-state index contributed by atoms with van der Waals surface area (Å²) in [6.07, 6.45) is 5.95. The zero-order valence-corrected chi connectivity index (χ0v) is 17.1. The molecule has 1 aliphatic heterocycles. The molecule has 0 aliphatic carbocycles. The quantitative estimate of drug-likeness (QED) is 0.779. The largest absolute Gasteiger partial charge is 0.385 e. The maximum atomic E-state index is 11.0. The van der Waals surface area contributed by atoms with E-state index in [2.05, 4.69) is 76.2 Å². The molecule has 0 atom stereocenters. The van der Waals surface area contributed by atoms with Crippen LogP contribution in [0.1, 0.15) is 24.0 Å². The van der Waals surface area contributed by atoms with E-state index in [0.29, 0.717) is 0 Å². The summed E-state index contributed by atoms with van der Waals surface area (Å²) in [4.78, 5) is 4.51. The third-order valence-corrected chi connectivity index (χ3v) is 5.68. The minimum atomic E-state index is -0.692. The number of aliphatic hydroxyl groups is 1. The average Bonchev–Trinajstić information content (AvgIpc) is 2.64. The first-order valence-electron chi connectivity index (χ1n) is 9.11. The molecule has 0 amide bonds. The monoisotopic (exact) mass is 414 g/mol. The standard InChI is InChI=1S/C22H27BrN2O/c1-24(2)21-11-5-18(6-12-21)4-3-15-25-16-13-22(26,14-17-25)19-7-9-20(23)10-8-19/h3-12,26H,13-17H2,1-2H3. The number of nitrogens with zero attached hydrogens (tertiary/aromatic N) is 2. The van der Waals surface area contributed by atoms with Gasteiger partial charge in [0.05, 0.1) is 5.60 Å². The molecule has 1 heterocycles. The summed E-state index contributed by atoms with van der Waals surface area (Å²) in [6, 6.07) is 16.6. The number of rotatable bonds is 5. The van der Waals surface area contributed by atoms with Gasteiger partial charge in [0.2, 0.25) is 0 Å². The van der Waals surface area contributed by atoms with E-state index in [9.17, 15) is 5.11 Å². The minimum Gasteiger partial charge on any atom is -0.385 e. The number of piperidine rings is 1. The Bertz CT molecular complexity index is 730. The topological polar surface area (TPSA) is 26.7 Å². The van der Waals surface area contributed by atoms with Crippen molar-refractivity contribution < 1.29 is 5.11 Å². The van der Waals surface area contributed by atoms with E-state index < -0.39 is 5.60 Å². The third kappa shape index (κ3) is 4.76. The highest BCUT2D eigenvalue weighted by Crippen LogP contribution is 2.33. The van der Waals surface area contributed by atoms with Crippen LogP contribution in [0.15, 0.2) is 59.1 Å². The van der Waals surface area contributed by atoms with Crippen molar-refractivity contribution in [3.05, 3.63) is 70.2 Å². The van der Waals surface area contributed by atoms with Gasteiger partial charge in [0.15, 0.2) is 0 Å². The third-order valence-electron chi connectivity index (χ3n) is 5.15. The van der Waals surface area contributed by atoms with Crippen molar-refractivity contribution in [1.82, 2.24) is 4.90 Å². The zero-order valence-electron chi connectivity index (χ0n) is 15.5. The number of hydrogen-bond donors (Lipinski definition) is 1. The van der Waals surface area contributed by atoms with Gasteiger partial charge in [0.1, 0.15) is 0 Å². The van der Waals surface area contributed by atoms with E-state index in [-0.39, 0.29) is 0 Å². The van der Waals surface area contributed by atoms with Crippen molar-refractivity contribution >= 4 is 27.7 Å². The fraction of sp³-hybridized carbons (Fsp3) is 0.364. The maximum absolute atomic E-state index is 11.0. The van der Waals surface area contributed by atoms with Crippen molar-refractivity contribution in [3.63, 3.8) is 0 Å². The van der Waals surface area contributed by atoms with E-state index in [1.807, 2.05) is 24.3 Å². The van der Waals surface area contributed by atoms with Crippen LogP contribution >= 0.6 is 15.9 Å². The molecule has 3 nitrogen and oxygen atoms in total. The molecule has 0 saturated carbocycles. The summed E-state index contributed by atoms with van der Waals surface area (Å²) < 4.78 is 1.05. The van der Waals surface area contributed by atoms with Gasteiger partial charge < -0.3 is 10.0 Å². The fourth-order valence-electron chi connectivity index (χ4n) is 3.38. The molecule has 0 radical (unpaired) electrons. The fourth-order valence-corrected chi connectivity index (χ4v) is 3.64. The van der Waals surface area contributed by atoms with E-state index in [0.717, 1.165) is 42.5 Å². The molecular formula is C22H27BrN2O. The lowest BCUT2D eigenvalue weighted by Crippen LogP contribution is -2.42. The molecule has 3 rings (SSSR count). The van der Waals surface area contributed by atoms with Crippen molar-refractivity contribution in [2.24, 2.45) is 0 Å². The first kappa shape index (κ1) is 19.2. The summed E-state index contributed by atoms with van der Waals surface area (Å²) in [5, 5.41) is 11.0. The number of likely N-dealkylation sites (tertiary alicyclic amines) is 1. The molecule has 2 aromatic rings. The number of benzene rings is 2. The van der Waals surface area contributed by atoms with Crippen LogP contribution in [0, 0.1) is 0 Å². The van der Waals surface area contributed by atoms with Crippen LogP contribution in [-0.4, -0.2) is 43.7 Å². The molecule has 1 aliphatic rings. The highest BCUT2D eigenvalue weighted by Gasteiger charge is 2.33. The van der Waals surface area contributed by atoms with Crippen LogP contribution < -0.4 is 4.90 Å². The van der Waals surface area contributed by atoms with Gasteiger partial charge in [-0.3, -0.25) is 4.90 Å². The Balaban J connectivity index is 1.51. The summed E-state index contributed by atoms with van der Waals surface area (Å²) in [5.74, 6) is 0. The second kappa shape index (κ2) is 8.38. The molecular weight excluding hydrogens is 388 g/mol. The second-order valence-electron chi connectivity index (χ2n) is 7.23. The van der Waals surface area contributed by atoms with E-state index >= 15 is 0 Å². The Morgan fingerprint density at radius 2 is 1.65 bits per heavy atom. The van der Waals surface area contributed by atoms with Crippen molar-refractivity contribution in [2.45, 2.75) is 18.4 Å². The van der Waals surface area contributed by atoms with Gasteiger partial charge in [-0.05, 0) is 48.2 Å². The smallest absolute Gasteiger partial charge is 0.0920 e. The maximum Gasteiger partial charge on any atom is 0.0920 e. The summed E-state index contributed by atoms with van der Waals surface area (Å²) in [5.41, 5.74) is 2.77. The predicted molar refractivity (Wildman–Crippen MR) is 114 cm³/mol. The highest BCUT2D eigenvalue weighted by atomic mass is 79.9. The van der Waals surface area contributed by atoms with Crippen LogP contribution in [0.25, 0.3) is 6.08 Å². The molecule has 2 aromatic carbocycles. The minimum absolute atomic E-state index is 0.692. The Hall–Kier alpha value is -1.62. The van der Waals surface area contributed by atoms with Gasteiger partial charge in [-0.1, -0.05) is 52.3 Å². The van der Waals surface area contributed by atoms with E-state index in [1.165, 1.54) is 11.3 Å². The SMILES string of the molecule is CN(C)c1ccc(C=CCN2CCC(O)(c3ccc(Br)cc3)CC2)cc1. The van der Waals surface area contributed by atoms with Crippen LogP contribution in [0.4, 0.5) is 5.69 Å². The van der Waals surface area contributed by atoms with Gasteiger partial charge in [-0.15, -0.1) is 0 Å². The molecule has 26 heavy (non-hydrogen) atoms. The first-order chi connectivity index (χ1) is 12.5. The highest BCUT2D eigenvalue weighted by molar-refractivity contribution is 9.10. The molecule has 1 N–H and O–H groups in total. The number of anilines is 1. The van der Waals surface area contributed by atoms with Gasteiger partial charge in [-0.2, -0.15) is 0 Å². The Kier molecular flexibility index (Phi) is 6.17. The summed E-state index contributed by atoms with van der Waals surface area (Å²) >= 11 is 3.46. The Labute approximate surface area is 165 Å². The molecule has 0 spiro atoms. The Morgan fingerprint density at radius 3 is 2.23 bits per heavy atom. The molecule has 0 bridgehead atoms. The van der Waals surface area contributed by atoms with Gasteiger partial charge >= 0.3 is 0 Å². The van der Waals surface area contributed by atoms with Crippen LogP contribution in [0.3, 0.4) is 0 Å². The lowest BCUT2D eigenvalue weighted by molar-refractivity contribution is -0.0233. The van der Waals surface area contributed by atoms with Crippen LogP contribution in [-0.2, 0) is 5.60 Å². The predicted octanol–water partition coefficient (Wildman–Crippen LogP) is 4.51. The van der Waals surface area contributed by atoms with Gasteiger partial charge in [0.25, 0.3) is 0 Å². The first-order valence-corrected chi connectivity index (χ1v) is 9.90. The number of hydrogen-bond acceptors (Lipinski definition) is 3. The molecule has 138 valence electrons. The van der Waals surface area contributed by atoms with Crippen LogP contribution in [0.2, 0.25) is 0 Å². The van der Waals surface area contributed by atoms with Gasteiger partial charge in [-0.25, -0.2) is 0 Å². The molecule has 0 unspecified atom stereocenters. The summed E-state index contributed by atoms with van der Waals surface area (Å²) in [7, 11) is 4.10. The molecule has 1 fully saturated rings. The lowest BCUT2D eigenvalue weighted by Gasteiger charge is -2.38. The van der Waals surface area contributed by atoms with Crippen molar-refractivity contribution in [2.75, 3.05) is 38.6 Å². The second-order valence-corrected chi connectivity index (χ2v) is 8.14. The average molecular weight is 415 g/mol. The summed E-state index contributed by atoms with van der Waals surface area (Å²) in [6.45, 7) is 2.75. The number of halogens is 1. The van der Waals surface area contributed by atoms with E-state index in [4.69, 9.17) is 0 Å². The van der Waals surface area contributed by atoms with Crippen molar-refractivity contribution in [3.8, 4) is 0 Å². The molecule has 0 aromatic heterocycles. The lowest BCUT2D eigenvalue weighted by atomic mass is 9.84. The van der Waals surface area contributed by atoms with Gasteiger partial charge in [0, 0.05) is 43.9 Å². The zero-order chi connectivity index (χ0) is 18.6. The molecule has 1 saturated heterocycles.